The number of hydrogen-bond donors (Lipinski definition) is 0. The van der Waals surface area contributed by atoms with Gasteiger partial charge < -0.3 is 4.42 Å². The second-order valence-electron chi connectivity index (χ2n) is 2.80. The van der Waals surface area contributed by atoms with Crippen LogP contribution in [0, 0.1) is 11.3 Å². The third kappa shape index (κ3) is 1.47. The summed E-state index contributed by atoms with van der Waals surface area (Å²) in [6.45, 7) is 0. The van der Waals surface area contributed by atoms with Crippen LogP contribution in [0.15, 0.2) is 27.1 Å². The average molecular weight is 315 g/mol. The van der Waals surface area contributed by atoms with Crippen molar-refractivity contribution in [1.82, 2.24) is 0 Å². The minimum Gasteiger partial charge on any atom is -0.459 e. The van der Waals surface area contributed by atoms with Crippen LogP contribution < -0.4 is 0 Å². The molecule has 0 aliphatic carbocycles. The van der Waals surface area contributed by atoms with Gasteiger partial charge in [-0.25, -0.2) is 0 Å². The number of furan rings is 1. The standard InChI is InChI=1S/C10H5Br2NO/c11-4-9-10(12)7-3-6(5-13)1-2-8(7)14-9/h1-3H,4H2. The topological polar surface area (TPSA) is 36.9 Å². The summed E-state index contributed by atoms with van der Waals surface area (Å²) >= 11 is 6.78. The Morgan fingerprint density at radius 3 is 2.86 bits per heavy atom. The number of rotatable bonds is 1. The molecule has 0 fully saturated rings. The largest absolute Gasteiger partial charge is 0.459 e. The Kier molecular flexibility index (Phi) is 2.62. The molecule has 2 nitrogen and oxygen atoms in total. The van der Waals surface area contributed by atoms with Gasteiger partial charge in [-0.05, 0) is 34.1 Å². The Hall–Kier alpha value is -0.790. The fourth-order valence-electron chi connectivity index (χ4n) is 1.27. The van der Waals surface area contributed by atoms with Crippen LogP contribution in [0.5, 0.6) is 0 Å². The Bertz CT molecular complexity index is 525. The zero-order chi connectivity index (χ0) is 10.1. The molecule has 2 aromatic rings. The molecule has 0 saturated carbocycles. The quantitative estimate of drug-likeness (QED) is 0.747. The maximum absolute atomic E-state index is 8.75. The molecular weight excluding hydrogens is 310 g/mol. The highest BCUT2D eigenvalue weighted by Gasteiger charge is 2.10. The van der Waals surface area contributed by atoms with Crippen LogP contribution in [0.3, 0.4) is 0 Å². The molecule has 2 rings (SSSR count). The molecule has 0 N–H and O–H groups in total. The summed E-state index contributed by atoms with van der Waals surface area (Å²) < 4.78 is 6.46. The predicted octanol–water partition coefficient (Wildman–Crippen LogP) is 3.96. The number of fused-ring (bicyclic) bond motifs is 1. The third-order valence-corrected chi connectivity index (χ3v) is 3.32. The van der Waals surface area contributed by atoms with E-state index in [2.05, 4.69) is 37.9 Å². The molecule has 14 heavy (non-hydrogen) atoms. The molecule has 1 heterocycles. The van der Waals surface area contributed by atoms with Crippen molar-refractivity contribution in [2.75, 3.05) is 0 Å². The summed E-state index contributed by atoms with van der Waals surface area (Å²) in [5.41, 5.74) is 1.44. The van der Waals surface area contributed by atoms with E-state index in [1.165, 1.54) is 0 Å². The molecule has 0 radical (unpaired) electrons. The summed E-state index contributed by atoms with van der Waals surface area (Å²) in [5, 5.41) is 10.3. The van der Waals surface area contributed by atoms with Gasteiger partial charge in [0.05, 0.1) is 21.4 Å². The van der Waals surface area contributed by atoms with Crippen LogP contribution in [-0.2, 0) is 5.33 Å². The molecule has 0 spiro atoms. The normalized spacial score (nSPS) is 10.4. The number of nitrogens with zero attached hydrogens (tertiary/aromatic N) is 1. The van der Waals surface area contributed by atoms with Crippen molar-refractivity contribution in [3.8, 4) is 6.07 Å². The first-order valence-corrected chi connectivity index (χ1v) is 5.84. The third-order valence-electron chi connectivity index (χ3n) is 1.94. The van der Waals surface area contributed by atoms with Gasteiger partial charge in [0.25, 0.3) is 0 Å². The van der Waals surface area contributed by atoms with E-state index in [1.54, 1.807) is 6.07 Å². The number of benzene rings is 1. The molecule has 0 atom stereocenters. The molecule has 0 unspecified atom stereocenters. The predicted molar refractivity (Wildman–Crippen MR) is 61.3 cm³/mol. The Morgan fingerprint density at radius 2 is 2.21 bits per heavy atom. The number of halogens is 2. The lowest BCUT2D eigenvalue weighted by Crippen LogP contribution is -1.72. The monoisotopic (exact) mass is 313 g/mol. The summed E-state index contributed by atoms with van der Waals surface area (Å²) in [5.74, 6) is 0.843. The first kappa shape index (κ1) is 9.75. The van der Waals surface area contributed by atoms with Gasteiger partial charge in [0.15, 0.2) is 0 Å². The number of nitriles is 1. The number of hydrogen-bond acceptors (Lipinski definition) is 2. The Balaban J connectivity index is 2.75. The van der Waals surface area contributed by atoms with Gasteiger partial charge in [0, 0.05) is 5.39 Å². The maximum atomic E-state index is 8.75. The van der Waals surface area contributed by atoms with Crippen LogP contribution in [0.2, 0.25) is 0 Å². The van der Waals surface area contributed by atoms with E-state index in [0.717, 1.165) is 21.2 Å². The lowest BCUT2D eigenvalue weighted by Gasteiger charge is -1.88. The fourth-order valence-corrected chi connectivity index (χ4v) is 2.58. The van der Waals surface area contributed by atoms with Crippen LogP contribution in [0.1, 0.15) is 11.3 Å². The molecule has 0 aliphatic heterocycles. The molecule has 1 aromatic carbocycles. The van der Waals surface area contributed by atoms with Gasteiger partial charge >= 0.3 is 0 Å². The SMILES string of the molecule is N#Cc1ccc2oc(CBr)c(Br)c2c1. The van der Waals surface area contributed by atoms with E-state index in [0.29, 0.717) is 10.9 Å². The molecule has 0 saturated heterocycles. The van der Waals surface area contributed by atoms with E-state index in [1.807, 2.05) is 12.1 Å². The van der Waals surface area contributed by atoms with E-state index >= 15 is 0 Å². The summed E-state index contributed by atoms with van der Waals surface area (Å²) in [7, 11) is 0. The molecule has 4 heteroatoms. The van der Waals surface area contributed by atoms with Crippen molar-refractivity contribution in [2.45, 2.75) is 5.33 Å². The minimum atomic E-state index is 0.639. The van der Waals surface area contributed by atoms with Crippen LogP contribution in [-0.4, -0.2) is 0 Å². The van der Waals surface area contributed by atoms with E-state index in [-0.39, 0.29) is 0 Å². The molecular formula is C10H5Br2NO. The van der Waals surface area contributed by atoms with E-state index < -0.39 is 0 Å². The van der Waals surface area contributed by atoms with Crippen molar-refractivity contribution in [3.63, 3.8) is 0 Å². The van der Waals surface area contributed by atoms with Crippen LogP contribution >= 0.6 is 31.9 Å². The van der Waals surface area contributed by atoms with Crippen molar-refractivity contribution >= 4 is 42.8 Å². The summed E-state index contributed by atoms with van der Waals surface area (Å²) in [6, 6.07) is 7.47. The Morgan fingerprint density at radius 1 is 1.43 bits per heavy atom. The maximum Gasteiger partial charge on any atom is 0.135 e. The van der Waals surface area contributed by atoms with Crippen molar-refractivity contribution in [3.05, 3.63) is 34.0 Å². The van der Waals surface area contributed by atoms with Crippen molar-refractivity contribution in [2.24, 2.45) is 0 Å². The second kappa shape index (κ2) is 3.76. The zero-order valence-corrected chi connectivity index (χ0v) is 10.2. The first-order chi connectivity index (χ1) is 6.76. The van der Waals surface area contributed by atoms with Gasteiger partial charge in [0.1, 0.15) is 11.3 Å². The smallest absolute Gasteiger partial charge is 0.135 e. The lowest BCUT2D eigenvalue weighted by molar-refractivity contribution is 0.572. The Labute approximate surface area is 97.8 Å². The highest BCUT2D eigenvalue weighted by atomic mass is 79.9. The van der Waals surface area contributed by atoms with Crippen molar-refractivity contribution < 1.29 is 4.42 Å². The number of alkyl halides is 1. The molecule has 0 aliphatic rings. The van der Waals surface area contributed by atoms with Gasteiger partial charge in [-0.1, -0.05) is 15.9 Å². The molecule has 0 bridgehead atoms. The first-order valence-electron chi connectivity index (χ1n) is 3.93. The molecule has 70 valence electrons. The second-order valence-corrected chi connectivity index (χ2v) is 4.15. The van der Waals surface area contributed by atoms with Gasteiger partial charge in [0.2, 0.25) is 0 Å². The van der Waals surface area contributed by atoms with Crippen LogP contribution in [0.4, 0.5) is 0 Å². The summed E-state index contributed by atoms with van der Waals surface area (Å²) in [6.07, 6.45) is 0. The van der Waals surface area contributed by atoms with E-state index in [4.69, 9.17) is 9.68 Å². The van der Waals surface area contributed by atoms with Crippen molar-refractivity contribution in [1.29, 1.82) is 5.26 Å². The lowest BCUT2D eigenvalue weighted by atomic mass is 10.2. The molecule has 1 aromatic heterocycles. The van der Waals surface area contributed by atoms with Gasteiger partial charge in [-0.3, -0.25) is 0 Å². The van der Waals surface area contributed by atoms with E-state index in [9.17, 15) is 0 Å². The highest BCUT2D eigenvalue weighted by molar-refractivity contribution is 9.11. The van der Waals surface area contributed by atoms with Gasteiger partial charge in [-0.2, -0.15) is 5.26 Å². The fraction of sp³-hybridized carbons (Fsp3) is 0.100. The minimum absolute atomic E-state index is 0.639. The average Bonchev–Trinajstić information content (AvgIpc) is 2.55. The van der Waals surface area contributed by atoms with Gasteiger partial charge in [-0.15, -0.1) is 0 Å². The zero-order valence-electron chi connectivity index (χ0n) is 7.05. The molecule has 0 amide bonds. The highest BCUT2D eigenvalue weighted by Crippen LogP contribution is 2.32. The summed E-state index contributed by atoms with van der Waals surface area (Å²) in [4.78, 5) is 0. The van der Waals surface area contributed by atoms with Crippen LogP contribution in [0.25, 0.3) is 11.0 Å².